The van der Waals surface area contributed by atoms with Crippen LogP contribution < -0.4 is 5.32 Å². The molecule has 2 saturated heterocycles. The summed E-state index contributed by atoms with van der Waals surface area (Å²) in [7, 11) is 2.06. The first-order chi connectivity index (χ1) is 13.6. The van der Waals surface area contributed by atoms with Gasteiger partial charge < -0.3 is 24.8 Å². The lowest BCUT2D eigenvalue weighted by Crippen LogP contribution is -2.50. The summed E-state index contributed by atoms with van der Waals surface area (Å²) >= 11 is 0. The average molecular weight is 389 g/mol. The second kappa shape index (κ2) is 10.4. The van der Waals surface area contributed by atoms with Crippen molar-refractivity contribution in [2.75, 3.05) is 59.5 Å². The number of likely N-dealkylation sites (N-methyl/N-ethyl adjacent to an activating group) is 1. The van der Waals surface area contributed by atoms with E-state index >= 15 is 0 Å². The maximum absolute atomic E-state index is 12.6. The van der Waals surface area contributed by atoms with Crippen LogP contribution in [0.15, 0.2) is 30.3 Å². The molecule has 0 saturated carbocycles. The lowest BCUT2D eigenvalue weighted by atomic mass is 9.95. The molecule has 7 heteroatoms. The molecule has 0 radical (unpaired) electrons. The monoisotopic (exact) mass is 388 g/mol. The number of amides is 3. The van der Waals surface area contributed by atoms with Gasteiger partial charge in [-0.1, -0.05) is 30.3 Å². The van der Waals surface area contributed by atoms with Gasteiger partial charge in [-0.15, -0.1) is 0 Å². The van der Waals surface area contributed by atoms with E-state index < -0.39 is 0 Å². The summed E-state index contributed by atoms with van der Waals surface area (Å²) in [6.07, 6.45) is 1.50. The number of urea groups is 1. The first-order valence-corrected chi connectivity index (χ1v) is 10.3. The Morgan fingerprint density at radius 3 is 2.43 bits per heavy atom. The van der Waals surface area contributed by atoms with E-state index in [4.69, 9.17) is 4.74 Å². The molecular weight excluding hydrogens is 356 g/mol. The molecule has 7 nitrogen and oxygen atoms in total. The Morgan fingerprint density at radius 2 is 1.75 bits per heavy atom. The van der Waals surface area contributed by atoms with Gasteiger partial charge in [0.1, 0.15) is 0 Å². The Hall–Kier alpha value is -2.12. The largest absolute Gasteiger partial charge is 0.378 e. The molecule has 2 fully saturated rings. The predicted octanol–water partition coefficient (Wildman–Crippen LogP) is 1.40. The second-order valence-corrected chi connectivity index (χ2v) is 7.65. The van der Waals surface area contributed by atoms with Crippen LogP contribution >= 0.6 is 0 Å². The Kier molecular flexibility index (Phi) is 7.68. The third-order valence-corrected chi connectivity index (χ3v) is 5.52. The zero-order valence-electron chi connectivity index (χ0n) is 16.8. The summed E-state index contributed by atoms with van der Waals surface area (Å²) in [5.41, 5.74) is 1.27. The van der Waals surface area contributed by atoms with Crippen molar-refractivity contribution in [3.05, 3.63) is 35.9 Å². The highest BCUT2D eigenvalue weighted by atomic mass is 16.5. The van der Waals surface area contributed by atoms with Crippen LogP contribution in [-0.2, 0) is 16.1 Å². The van der Waals surface area contributed by atoms with Crippen LogP contribution in [0.1, 0.15) is 18.4 Å². The zero-order chi connectivity index (χ0) is 19.8. The fourth-order valence-electron chi connectivity index (χ4n) is 3.81. The Balaban J connectivity index is 1.33. The minimum atomic E-state index is -0.0228. The van der Waals surface area contributed by atoms with Crippen molar-refractivity contribution < 1.29 is 14.3 Å². The minimum absolute atomic E-state index is 0.0228. The quantitative estimate of drug-likeness (QED) is 0.800. The molecule has 1 N–H and O–H groups in total. The molecule has 0 bridgehead atoms. The number of nitrogens with one attached hydrogen (secondary N) is 1. The molecule has 0 unspecified atom stereocenters. The standard InChI is InChI=1S/C21H32N4O3/c1-23(17-18-5-3-2-4-6-18)12-9-22-21(27)25-10-7-19(8-11-25)20(26)24-13-15-28-16-14-24/h2-6,19H,7-17H2,1H3,(H,22,27). The van der Waals surface area contributed by atoms with Crippen LogP contribution in [0.25, 0.3) is 0 Å². The van der Waals surface area contributed by atoms with E-state index in [-0.39, 0.29) is 17.9 Å². The molecule has 3 amide bonds. The first kappa shape index (κ1) is 20.6. The SMILES string of the molecule is CN(CCNC(=O)N1CCC(C(=O)N2CCOCC2)CC1)Cc1ccccc1. The van der Waals surface area contributed by atoms with Crippen LogP contribution in [0, 0.1) is 5.92 Å². The number of carbonyl (C=O) groups excluding carboxylic acids is 2. The van der Waals surface area contributed by atoms with Crippen molar-refractivity contribution in [2.24, 2.45) is 5.92 Å². The van der Waals surface area contributed by atoms with E-state index in [0.29, 0.717) is 45.9 Å². The number of benzene rings is 1. The lowest BCUT2D eigenvalue weighted by molar-refractivity contribution is -0.141. The van der Waals surface area contributed by atoms with Crippen molar-refractivity contribution in [3.8, 4) is 0 Å². The normalized spacial score (nSPS) is 18.4. The van der Waals surface area contributed by atoms with Gasteiger partial charge in [-0.05, 0) is 25.5 Å². The van der Waals surface area contributed by atoms with Crippen molar-refractivity contribution >= 4 is 11.9 Å². The molecule has 2 heterocycles. The summed E-state index contributed by atoms with van der Waals surface area (Å²) in [6, 6.07) is 10.3. The van der Waals surface area contributed by atoms with Gasteiger partial charge in [-0.25, -0.2) is 4.79 Å². The summed E-state index contributed by atoms with van der Waals surface area (Å²) in [5.74, 6) is 0.269. The van der Waals surface area contributed by atoms with Crippen LogP contribution in [0.2, 0.25) is 0 Å². The number of carbonyl (C=O) groups is 2. The summed E-state index contributed by atoms with van der Waals surface area (Å²) in [6.45, 7) is 6.22. The molecule has 1 aromatic rings. The predicted molar refractivity (Wildman–Crippen MR) is 108 cm³/mol. The van der Waals surface area contributed by atoms with E-state index in [0.717, 1.165) is 25.9 Å². The van der Waals surface area contributed by atoms with Crippen LogP contribution in [-0.4, -0.2) is 86.2 Å². The molecular formula is C21H32N4O3. The third kappa shape index (κ3) is 5.94. The number of ether oxygens (including phenoxy) is 1. The highest BCUT2D eigenvalue weighted by molar-refractivity contribution is 5.80. The molecule has 1 aromatic carbocycles. The Morgan fingerprint density at radius 1 is 1.07 bits per heavy atom. The van der Waals surface area contributed by atoms with Gasteiger partial charge in [0.2, 0.25) is 5.91 Å². The maximum atomic E-state index is 12.6. The lowest BCUT2D eigenvalue weighted by Gasteiger charge is -2.35. The second-order valence-electron chi connectivity index (χ2n) is 7.65. The smallest absolute Gasteiger partial charge is 0.317 e. The van der Waals surface area contributed by atoms with Gasteiger partial charge in [0.25, 0.3) is 0 Å². The molecule has 2 aliphatic rings. The first-order valence-electron chi connectivity index (χ1n) is 10.3. The van der Waals surface area contributed by atoms with Crippen molar-refractivity contribution in [1.82, 2.24) is 20.0 Å². The third-order valence-electron chi connectivity index (χ3n) is 5.52. The van der Waals surface area contributed by atoms with Crippen molar-refractivity contribution in [1.29, 1.82) is 0 Å². The number of rotatable bonds is 6. The summed E-state index contributed by atoms with van der Waals surface area (Å²) in [4.78, 5) is 30.9. The van der Waals surface area contributed by atoms with Gasteiger partial charge in [-0.3, -0.25) is 4.79 Å². The number of piperidine rings is 1. The molecule has 154 valence electrons. The van der Waals surface area contributed by atoms with E-state index in [2.05, 4.69) is 29.4 Å². The number of morpholine rings is 1. The highest BCUT2D eigenvalue weighted by Crippen LogP contribution is 2.20. The van der Waals surface area contributed by atoms with E-state index in [1.165, 1.54) is 5.56 Å². The van der Waals surface area contributed by atoms with Crippen LogP contribution in [0.4, 0.5) is 4.79 Å². The van der Waals surface area contributed by atoms with E-state index in [9.17, 15) is 9.59 Å². The van der Waals surface area contributed by atoms with Crippen LogP contribution in [0.3, 0.4) is 0 Å². The molecule has 0 atom stereocenters. The Labute approximate surface area is 167 Å². The van der Waals surface area contributed by atoms with Crippen molar-refractivity contribution in [2.45, 2.75) is 19.4 Å². The van der Waals surface area contributed by atoms with Gasteiger partial charge in [0.05, 0.1) is 13.2 Å². The Bertz CT molecular complexity index is 626. The highest BCUT2D eigenvalue weighted by Gasteiger charge is 2.30. The summed E-state index contributed by atoms with van der Waals surface area (Å²) < 4.78 is 5.31. The number of nitrogens with zero attached hydrogens (tertiary/aromatic N) is 3. The molecule has 28 heavy (non-hydrogen) atoms. The van der Waals surface area contributed by atoms with Gasteiger partial charge >= 0.3 is 6.03 Å². The number of hydrogen-bond donors (Lipinski definition) is 1. The fraction of sp³-hybridized carbons (Fsp3) is 0.619. The topological polar surface area (TPSA) is 65.1 Å². The number of hydrogen-bond acceptors (Lipinski definition) is 4. The maximum Gasteiger partial charge on any atom is 0.317 e. The zero-order valence-corrected chi connectivity index (χ0v) is 16.8. The summed E-state index contributed by atoms with van der Waals surface area (Å²) in [5, 5.41) is 3.01. The average Bonchev–Trinajstić information content (AvgIpc) is 2.74. The molecule has 3 rings (SSSR count). The fourth-order valence-corrected chi connectivity index (χ4v) is 3.81. The van der Waals surface area contributed by atoms with Gasteiger partial charge in [0.15, 0.2) is 0 Å². The van der Waals surface area contributed by atoms with Gasteiger partial charge in [0, 0.05) is 51.7 Å². The van der Waals surface area contributed by atoms with Crippen molar-refractivity contribution in [3.63, 3.8) is 0 Å². The minimum Gasteiger partial charge on any atom is -0.378 e. The van der Waals surface area contributed by atoms with Crippen LogP contribution in [0.5, 0.6) is 0 Å². The molecule has 0 spiro atoms. The molecule has 0 aliphatic carbocycles. The van der Waals surface area contributed by atoms with E-state index in [1.54, 1.807) is 0 Å². The number of likely N-dealkylation sites (tertiary alicyclic amines) is 1. The van der Waals surface area contributed by atoms with E-state index in [1.807, 2.05) is 28.0 Å². The van der Waals surface area contributed by atoms with Gasteiger partial charge in [-0.2, -0.15) is 0 Å². The molecule has 2 aliphatic heterocycles. The molecule has 0 aromatic heterocycles.